The van der Waals surface area contributed by atoms with Crippen LogP contribution in [0.2, 0.25) is 0 Å². The average Bonchev–Trinajstić information content (AvgIpc) is 2.49. The van der Waals surface area contributed by atoms with Crippen LogP contribution < -0.4 is 10.1 Å². The number of aromatic nitrogens is 1. The van der Waals surface area contributed by atoms with Crippen molar-refractivity contribution in [3.8, 4) is 5.88 Å². The summed E-state index contributed by atoms with van der Waals surface area (Å²) < 4.78 is 5.24. The summed E-state index contributed by atoms with van der Waals surface area (Å²) in [5.41, 5.74) is 1.14. The summed E-state index contributed by atoms with van der Waals surface area (Å²) in [6.07, 6.45) is 7.76. The number of rotatable bonds is 6. The maximum Gasteiger partial charge on any atom is 0.217 e. The number of methoxy groups -OCH3 is 1. The van der Waals surface area contributed by atoms with E-state index in [-0.39, 0.29) is 12.0 Å². The Morgan fingerprint density at radius 2 is 2.16 bits per heavy atom. The second-order valence-electron chi connectivity index (χ2n) is 5.49. The quantitative estimate of drug-likeness (QED) is 0.826. The molecular formula is C15H24N2O2. The Morgan fingerprint density at radius 1 is 1.37 bits per heavy atom. The van der Waals surface area contributed by atoms with Crippen molar-refractivity contribution in [3.05, 3.63) is 23.9 Å². The van der Waals surface area contributed by atoms with Gasteiger partial charge in [0.05, 0.1) is 7.11 Å². The van der Waals surface area contributed by atoms with E-state index in [0.29, 0.717) is 5.88 Å². The van der Waals surface area contributed by atoms with E-state index in [2.05, 4.69) is 10.3 Å². The molecule has 1 saturated carbocycles. The van der Waals surface area contributed by atoms with Crippen molar-refractivity contribution in [2.75, 3.05) is 20.3 Å². The first-order valence-corrected chi connectivity index (χ1v) is 7.09. The number of hydrogen-bond donors (Lipinski definition) is 2. The van der Waals surface area contributed by atoms with E-state index in [1.807, 2.05) is 12.1 Å². The highest BCUT2D eigenvalue weighted by molar-refractivity contribution is 5.25. The standard InChI is InChI=1S/C15H24N2O2/c1-19-14-13(6-5-9-17-14)10-16-11-15(12-18)7-3-2-4-8-15/h5-6,9,16,18H,2-4,7-8,10-12H2,1H3. The number of nitrogens with one attached hydrogen (secondary N) is 1. The van der Waals surface area contributed by atoms with Gasteiger partial charge in [-0.1, -0.05) is 25.3 Å². The molecule has 1 aromatic heterocycles. The zero-order valence-electron chi connectivity index (χ0n) is 11.7. The molecule has 19 heavy (non-hydrogen) atoms. The smallest absolute Gasteiger partial charge is 0.217 e. The Kier molecular flexibility index (Phi) is 5.16. The zero-order valence-corrected chi connectivity index (χ0v) is 11.7. The summed E-state index contributed by atoms with van der Waals surface area (Å²) in [6.45, 7) is 1.88. The van der Waals surface area contributed by atoms with E-state index in [1.54, 1.807) is 13.3 Å². The van der Waals surface area contributed by atoms with Crippen molar-refractivity contribution in [3.63, 3.8) is 0 Å². The maximum absolute atomic E-state index is 9.66. The monoisotopic (exact) mass is 264 g/mol. The summed E-state index contributed by atoms with van der Waals surface area (Å²) in [5, 5.41) is 13.1. The lowest BCUT2D eigenvalue weighted by Gasteiger charge is -2.35. The highest BCUT2D eigenvalue weighted by atomic mass is 16.5. The van der Waals surface area contributed by atoms with Crippen molar-refractivity contribution < 1.29 is 9.84 Å². The molecule has 4 heteroatoms. The predicted octanol–water partition coefficient (Wildman–Crippen LogP) is 2.12. The fourth-order valence-electron chi connectivity index (χ4n) is 2.90. The van der Waals surface area contributed by atoms with Gasteiger partial charge < -0.3 is 15.2 Å². The number of ether oxygens (including phenoxy) is 1. The van der Waals surface area contributed by atoms with Crippen LogP contribution in [0.25, 0.3) is 0 Å². The molecule has 0 saturated heterocycles. The normalized spacial score (nSPS) is 18.2. The molecule has 0 unspecified atom stereocenters. The van der Waals surface area contributed by atoms with Gasteiger partial charge >= 0.3 is 0 Å². The van der Waals surface area contributed by atoms with E-state index in [0.717, 1.165) is 31.5 Å². The van der Waals surface area contributed by atoms with E-state index >= 15 is 0 Å². The van der Waals surface area contributed by atoms with Crippen LogP contribution in [0, 0.1) is 5.41 Å². The van der Waals surface area contributed by atoms with Crippen LogP contribution in [0.3, 0.4) is 0 Å². The van der Waals surface area contributed by atoms with Gasteiger partial charge in [0, 0.05) is 36.9 Å². The fraction of sp³-hybridized carbons (Fsp3) is 0.667. The first kappa shape index (κ1) is 14.3. The van der Waals surface area contributed by atoms with E-state index in [1.165, 1.54) is 19.3 Å². The van der Waals surface area contributed by atoms with Crippen LogP contribution in [0.5, 0.6) is 5.88 Å². The van der Waals surface area contributed by atoms with Gasteiger partial charge in [-0.15, -0.1) is 0 Å². The van der Waals surface area contributed by atoms with Crippen molar-refractivity contribution in [2.24, 2.45) is 5.41 Å². The summed E-state index contributed by atoms with van der Waals surface area (Å²) in [6, 6.07) is 3.94. The van der Waals surface area contributed by atoms with E-state index in [4.69, 9.17) is 4.74 Å². The molecule has 0 spiro atoms. The molecule has 1 aliphatic carbocycles. The van der Waals surface area contributed by atoms with Gasteiger partial charge in [-0.3, -0.25) is 0 Å². The van der Waals surface area contributed by atoms with Crippen LogP contribution in [0.1, 0.15) is 37.7 Å². The number of hydrogen-bond acceptors (Lipinski definition) is 4. The molecule has 4 nitrogen and oxygen atoms in total. The maximum atomic E-state index is 9.66. The molecule has 0 atom stereocenters. The molecule has 1 aliphatic rings. The van der Waals surface area contributed by atoms with Crippen LogP contribution in [-0.2, 0) is 6.54 Å². The second-order valence-corrected chi connectivity index (χ2v) is 5.49. The van der Waals surface area contributed by atoms with E-state index in [9.17, 15) is 5.11 Å². The zero-order chi connectivity index (χ0) is 13.6. The topological polar surface area (TPSA) is 54.4 Å². The van der Waals surface area contributed by atoms with Crippen LogP contribution in [-0.4, -0.2) is 30.4 Å². The lowest BCUT2D eigenvalue weighted by molar-refractivity contribution is 0.0810. The van der Waals surface area contributed by atoms with Crippen LogP contribution >= 0.6 is 0 Å². The molecule has 2 N–H and O–H groups in total. The van der Waals surface area contributed by atoms with Crippen molar-refractivity contribution in [2.45, 2.75) is 38.6 Å². The molecule has 1 fully saturated rings. The van der Waals surface area contributed by atoms with Crippen LogP contribution in [0.15, 0.2) is 18.3 Å². The third-order valence-electron chi connectivity index (χ3n) is 4.11. The molecule has 1 heterocycles. The van der Waals surface area contributed by atoms with E-state index < -0.39 is 0 Å². The minimum Gasteiger partial charge on any atom is -0.481 e. The molecule has 0 amide bonds. The van der Waals surface area contributed by atoms with Gasteiger partial charge in [0.25, 0.3) is 0 Å². The summed E-state index contributed by atoms with van der Waals surface area (Å²) in [7, 11) is 1.64. The molecule has 0 aromatic carbocycles. The number of aliphatic hydroxyl groups is 1. The van der Waals surface area contributed by atoms with Crippen molar-refractivity contribution in [1.82, 2.24) is 10.3 Å². The molecule has 0 radical (unpaired) electrons. The molecular weight excluding hydrogens is 240 g/mol. The first-order chi connectivity index (χ1) is 9.29. The SMILES string of the molecule is COc1ncccc1CNCC1(CO)CCCCC1. The highest BCUT2D eigenvalue weighted by Crippen LogP contribution is 2.35. The molecule has 106 valence electrons. The predicted molar refractivity (Wildman–Crippen MR) is 75.1 cm³/mol. The summed E-state index contributed by atoms with van der Waals surface area (Å²) in [4.78, 5) is 4.19. The molecule has 0 aliphatic heterocycles. The highest BCUT2D eigenvalue weighted by Gasteiger charge is 2.30. The van der Waals surface area contributed by atoms with Gasteiger partial charge in [0.2, 0.25) is 5.88 Å². The van der Waals surface area contributed by atoms with Gasteiger partial charge in [-0.05, 0) is 18.9 Å². The third kappa shape index (κ3) is 3.67. The summed E-state index contributed by atoms with van der Waals surface area (Å²) in [5.74, 6) is 0.677. The number of nitrogens with zero attached hydrogens (tertiary/aromatic N) is 1. The number of pyridine rings is 1. The molecule has 2 rings (SSSR count). The molecule has 1 aromatic rings. The Labute approximate surface area is 115 Å². The summed E-state index contributed by atoms with van der Waals surface area (Å²) >= 11 is 0. The Hall–Kier alpha value is -1.13. The largest absolute Gasteiger partial charge is 0.481 e. The van der Waals surface area contributed by atoms with Gasteiger partial charge in [0.1, 0.15) is 0 Å². The Morgan fingerprint density at radius 3 is 2.84 bits per heavy atom. The first-order valence-electron chi connectivity index (χ1n) is 7.09. The average molecular weight is 264 g/mol. The van der Waals surface area contributed by atoms with Crippen molar-refractivity contribution >= 4 is 0 Å². The molecule has 0 bridgehead atoms. The Bertz CT molecular complexity index is 389. The lowest BCUT2D eigenvalue weighted by Crippen LogP contribution is -2.38. The second kappa shape index (κ2) is 6.87. The minimum absolute atomic E-state index is 0.0771. The fourth-order valence-corrected chi connectivity index (χ4v) is 2.90. The number of aliphatic hydroxyl groups excluding tert-OH is 1. The van der Waals surface area contributed by atoms with Gasteiger partial charge in [-0.2, -0.15) is 0 Å². The minimum atomic E-state index is 0.0771. The van der Waals surface area contributed by atoms with Gasteiger partial charge in [-0.25, -0.2) is 4.98 Å². The third-order valence-corrected chi connectivity index (χ3v) is 4.11. The van der Waals surface area contributed by atoms with Gasteiger partial charge in [0.15, 0.2) is 0 Å². The Balaban J connectivity index is 1.88. The van der Waals surface area contributed by atoms with Crippen LogP contribution in [0.4, 0.5) is 0 Å². The van der Waals surface area contributed by atoms with Crippen molar-refractivity contribution in [1.29, 1.82) is 0 Å². The lowest BCUT2D eigenvalue weighted by atomic mass is 9.74.